The Morgan fingerprint density at radius 1 is 1.20 bits per heavy atom. The molecule has 1 N–H and O–H groups in total. The number of hydrogen-bond acceptors (Lipinski definition) is 5. The molecule has 180 valence electrons. The van der Waals surface area contributed by atoms with Crippen LogP contribution in [0.1, 0.15) is 54.7 Å². The molecule has 8 nitrogen and oxygen atoms in total. The number of Topliss-reactive ketones (excluding diaryl/α,β-unsaturated/α-hetero) is 1. The standard InChI is InChI=1S/C26H26BrN5O3/c1-14(33)23-17-7-3-4-9-18(17)31(30-23)13-21(34)32-19(10-26(2)11-20(26)32)25(35)29-24-22(27)16-8-5-6-15(16)12-28-24/h3-4,7,9,12,19-20H,5-6,8,10-11,13H2,1-2H3,(H,28,29,35)/t19-,20?,26-/m0/s1. The van der Waals surface area contributed by atoms with E-state index in [9.17, 15) is 14.4 Å². The fraction of sp³-hybridized carbons (Fsp3) is 0.423. The zero-order valence-corrected chi connectivity index (χ0v) is 21.3. The van der Waals surface area contributed by atoms with Gasteiger partial charge >= 0.3 is 0 Å². The van der Waals surface area contributed by atoms with Gasteiger partial charge in [0.2, 0.25) is 11.8 Å². The molecular formula is C26H26BrN5O3. The van der Waals surface area contributed by atoms with E-state index in [0.29, 0.717) is 17.9 Å². The molecular weight excluding hydrogens is 510 g/mol. The number of carbonyl (C=O) groups is 3. The average molecular weight is 536 g/mol. The molecule has 3 aliphatic rings. The van der Waals surface area contributed by atoms with E-state index in [4.69, 9.17) is 0 Å². The van der Waals surface area contributed by atoms with Gasteiger partial charge in [-0.15, -0.1) is 0 Å². The van der Waals surface area contributed by atoms with Crippen LogP contribution in [0.15, 0.2) is 34.9 Å². The Morgan fingerprint density at radius 2 is 2.00 bits per heavy atom. The minimum atomic E-state index is -0.567. The second kappa shape index (κ2) is 7.98. The molecule has 3 aromatic rings. The van der Waals surface area contributed by atoms with Gasteiger partial charge in [-0.2, -0.15) is 5.10 Å². The molecule has 0 radical (unpaired) electrons. The fourth-order valence-corrected chi connectivity index (χ4v) is 6.52. The van der Waals surface area contributed by atoms with Gasteiger partial charge in [-0.05, 0) is 70.6 Å². The first-order valence-electron chi connectivity index (χ1n) is 12.0. The lowest BCUT2D eigenvalue weighted by Crippen LogP contribution is -2.46. The number of benzene rings is 1. The van der Waals surface area contributed by atoms with Crippen molar-refractivity contribution in [2.45, 2.75) is 64.6 Å². The second-order valence-electron chi connectivity index (χ2n) is 10.2. The minimum absolute atomic E-state index is 0.0229. The van der Waals surface area contributed by atoms with Gasteiger partial charge in [0.1, 0.15) is 24.1 Å². The monoisotopic (exact) mass is 535 g/mol. The SMILES string of the molecule is CC(=O)c1nn(CC(=O)N2C3C[C@]3(C)C[C@H]2C(=O)Nc2ncc3c(c2Br)CCC3)c2ccccc12. The van der Waals surface area contributed by atoms with E-state index in [2.05, 4.69) is 38.3 Å². The maximum absolute atomic E-state index is 13.6. The lowest BCUT2D eigenvalue weighted by atomic mass is 10.0. The van der Waals surface area contributed by atoms with Crippen molar-refractivity contribution in [3.63, 3.8) is 0 Å². The Bertz CT molecular complexity index is 1420. The number of amides is 2. The molecule has 0 bridgehead atoms. The number of hydrogen-bond donors (Lipinski definition) is 1. The molecule has 2 aromatic heterocycles. The van der Waals surface area contributed by atoms with E-state index in [1.807, 2.05) is 30.5 Å². The summed E-state index contributed by atoms with van der Waals surface area (Å²) in [6, 6.07) is 6.88. The average Bonchev–Trinajstić information content (AvgIpc) is 3.20. The van der Waals surface area contributed by atoms with Crippen LogP contribution < -0.4 is 5.32 Å². The summed E-state index contributed by atoms with van der Waals surface area (Å²) in [5.74, 6) is -0.0145. The molecule has 2 amide bonds. The number of pyridine rings is 1. The topological polar surface area (TPSA) is 97.2 Å². The van der Waals surface area contributed by atoms with Crippen LogP contribution in [0.2, 0.25) is 0 Å². The van der Waals surface area contributed by atoms with Gasteiger partial charge in [-0.3, -0.25) is 19.1 Å². The maximum Gasteiger partial charge on any atom is 0.248 e. The summed E-state index contributed by atoms with van der Waals surface area (Å²) in [6.07, 6.45) is 6.42. The summed E-state index contributed by atoms with van der Waals surface area (Å²) >= 11 is 3.63. The van der Waals surface area contributed by atoms with Crippen molar-refractivity contribution in [3.8, 4) is 0 Å². The Balaban J connectivity index is 1.26. The van der Waals surface area contributed by atoms with Crippen molar-refractivity contribution >= 4 is 50.2 Å². The largest absolute Gasteiger partial charge is 0.325 e. The highest BCUT2D eigenvalue weighted by molar-refractivity contribution is 9.10. The van der Waals surface area contributed by atoms with Crippen LogP contribution in [0.4, 0.5) is 5.82 Å². The van der Waals surface area contributed by atoms with Crippen molar-refractivity contribution in [2.24, 2.45) is 5.41 Å². The number of nitrogens with zero attached hydrogens (tertiary/aromatic N) is 4. The maximum atomic E-state index is 13.6. The predicted molar refractivity (Wildman–Crippen MR) is 134 cm³/mol. The number of halogens is 1. The van der Waals surface area contributed by atoms with Crippen LogP contribution in [-0.4, -0.2) is 49.3 Å². The summed E-state index contributed by atoms with van der Waals surface area (Å²) in [4.78, 5) is 45.3. The highest BCUT2D eigenvalue weighted by atomic mass is 79.9. The van der Waals surface area contributed by atoms with E-state index < -0.39 is 6.04 Å². The second-order valence-corrected chi connectivity index (χ2v) is 11.0. The molecule has 0 spiro atoms. The number of aryl methyl sites for hydroxylation is 1. The van der Waals surface area contributed by atoms with E-state index in [-0.39, 0.29) is 35.6 Å². The first-order valence-corrected chi connectivity index (χ1v) is 12.8. The molecule has 9 heteroatoms. The van der Waals surface area contributed by atoms with Crippen LogP contribution in [0.5, 0.6) is 0 Å². The number of anilines is 1. The van der Waals surface area contributed by atoms with Crippen LogP contribution in [0, 0.1) is 5.41 Å². The lowest BCUT2D eigenvalue weighted by molar-refractivity contribution is -0.138. The number of ketones is 1. The summed E-state index contributed by atoms with van der Waals surface area (Å²) in [7, 11) is 0. The summed E-state index contributed by atoms with van der Waals surface area (Å²) in [5, 5.41) is 8.15. The zero-order valence-electron chi connectivity index (χ0n) is 19.7. The first-order chi connectivity index (χ1) is 16.8. The van der Waals surface area contributed by atoms with Gasteiger partial charge < -0.3 is 10.2 Å². The molecule has 1 unspecified atom stereocenters. The quantitative estimate of drug-likeness (QED) is 0.499. The van der Waals surface area contributed by atoms with Crippen LogP contribution in [0.3, 0.4) is 0 Å². The number of piperidine rings is 1. The van der Waals surface area contributed by atoms with E-state index in [1.54, 1.807) is 9.58 Å². The van der Waals surface area contributed by atoms with Crippen LogP contribution >= 0.6 is 15.9 Å². The minimum Gasteiger partial charge on any atom is -0.325 e. The van der Waals surface area contributed by atoms with Gasteiger partial charge in [0.15, 0.2) is 5.78 Å². The Morgan fingerprint density at radius 3 is 2.80 bits per heavy atom. The van der Waals surface area contributed by atoms with Crippen molar-refractivity contribution in [3.05, 3.63) is 51.8 Å². The first kappa shape index (κ1) is 22.4. The number of fused-ring (bicyclic) bond motifs is 3. The van der Waals surface area contributed by atoms with E-state index in [1.165, 1.54) is 18.1 Å². The third kappa shape index (κ3) is 3.59. The molecule has 6 rings (SSSR count). The summed E-state index contributed by atoms with van der Waals surface area (Å²) < 4.78 is 2.42. The summed E-state index contributed by atoms with van der Waals surface area (Å²) in [5.41, 5.74) is 3.47. The Kier molecular flexibility index (Phi) is 5.11. The number of aromatic nitrogens is 3. The van der Waals surface area contributed by atoms with E-state index >= 15 is 0 Å². The van der Waals surface area contributed by atoms with Gasteiger partial charge in [-0.25, -0.2) is 4.98 Å². The number of rotatable bonds is 5. The molecule has 3 atom stereocenters. The van der Waals surface area contributed by atoms with Crippen molar-refractivity contribution in [1.29, 1.82) is 0 Å². The van der Waals surface area contributed by atoms with Crippen LogP contribution in [-0.2, 0) is 29.0 Å². The molecule has 35 heavy (non-hydrogen) atoms. The summed E-state index contributed by atoms with van der Waals surface area (Å²) in [6.45, 7) is 3.58. The number of para-hydroxylation sites is 1. The highest BCUT2D eigenvalue weighted by Crippen LogP contribution is 2.59. The van der Waals surface area contributed by atoms with Gasteiger partial charge in [0.05, 0.1) is 9.99 Å². The molecule has 1 aliphatic heterocycles. The van der Waals surface area contributed by atoms with Crippen LogP contribution in [0.25, 0.3) is 10.9 Å². The zero-order chi connectivity index (χ0) is 24.5. The molecule has 3 heterocycles. The predicted octanol–water partition coefficient (Wildman–Crippen LogP) is 3.90. The molecule has 1 saturated carbocycles. The number of carbonyl (C=O) groups excluding carboxylic acids is 3. The van der Waals surface area contributed by atoms with Crippen molar-refractivity contribution in [2.75, 3.05) is 5.32 Å². The van der Waals surface area contributed by atoms with Gasteiger partial charge in [0, 0.05) is 24.5 Å². The number of likely N-dealkylation sites (tertiary alicyclic amines) is 1. The number of nitrogens with one attached hydrogen (secondary N) is 1. The van der Waals surface area contributed by atoms with Crippen molar-refractivity contribution < 1.29 is 14.4 Å². The lowest BCUT2D eigenvalue weighted by Gasteiger charge is -2.27. The molecule has 1 aromatic carbocycles. The molecule has 2 aliphatic carbocycles. The molecule has 1 saturated heterocycles. The Labute approximate surface area is 211 Å². The molecule has 2 fully saturated rings. The van der Waals surface area contributed by atoms with E-state index in [0.717, 1.165) is 41.1 Å². The Hall–Kier alpha value is -3.07. The fourth-order valence-electron chi connectivity index (χ4n) is 5.87. The third-order valence-electron chi connectivity index (χ3n) is 7.83. The van der Waals surface area contributed by atoms with Crippen molar-refractivity contribution in [1.82, 2.24) is 19.7 Å². The smallest absolute Gasteiger partial charge is 0.248 e. The van der Waals surface area contributed by atoms with Gasteiger partial charge in [-0.1, -0.05) is 25.1 Å². The normalized spacial score (nSPS) is 24.4. The van der Waals surface area contributed by atoms with Gasteiger partial charge in [0.25, 0.3) is 0 Å². The highest BCUT2D eigenvalue weighted by Gasteiger charge is 2.64. The third-order valence-corrected chi connectivity index (χ3v) is 8.68.